The van der Waals surface area contributed by atoms with Crippen molar-refractivity contribution < 1.29 is 4.79 Å². The van der Waals surface area contributed by atoms with Gasteiger partial charge in [0, 0.05) is 19.1 Å². The fourth-order valence-corrected chi connectivity index (χ4v) is 4.31. The van der Waals surface area contributed by atoms with Crippen LogP contribution in [0.4, 0.5) is 0 Å². The summed E-state index contributed by atoms with van der Waals surface area (Å²) in [6.07, 6.45) is 7.61. The molecule has 1 N–H and O–H groups in total. The summed E-state index contributed by atoms with van der Waals surface area (Å²) < 4.78 is 0. The normalized spacial score (nSPS) is 40.6. The number of amides is 1. The van der Waals surface area contributed by atoms with Crippen molar-refractivity contribution >= 4 is 5.91 Å². The Morgan fingerprint density at radius 1 is 1.17 bits per heavy atom. The first-order valence-corrected chi connectivity index (χ1v) is 7.77. The topological polar surface area (TPSA) is 32.3 Å². The molecule has 2 saturated heterocycles. The lowest BCUT2D eigenvalue weighted by atomic mass is 9.87. The molecule has 1 saturated carbocycles. The molecule has 0 aromatic heterocycles. The molecular formula is C15H26N2O. The van der Waals surface area contributed by atoms with Gasteiger partial charge >= 0.3 is 0 Å². The number of rotatable bonds is 1. The lowest BCUT2D eigenvalue weighted by Gasteiger charge is -2.41. The van der Waals surface area contributed by atoms with Crippen LogP contribution in [0, 0.1) is 17.8 Å². The first kappa shape index (κ1) is 12.5. The van der Waals surface area contributed by atoms with E-state index in [0.29, 0.717) is 17.9 Å². The fourth-order valence-electron chi connectivity index (χ4n) is 4.31. The van der Waals surface area contributed by atoms with Gasteiger partial charge in [-0.15, -0.1) is 0 Å². The number of likely N-dealkylation sites (tertiary alicyclic amines) is 1. The molecule has 3 aliphatic rings. The van der Waals surface area contributed by atoms with E-state index in [2.05, 4.69) is 17.1 Å². The van der Waals surface area contributed by atoms with Crippen molar-refractivity contribution in [2.45, 2.75) is 51.5 Å². The molecule has 0 spiro atoms. The van der Waals surface area contributed by atoms with E-state index in [-0.39, 0.29) is 5.92 Å². The molecule has 0 aromatic rings. The quantitative estimate of drug-likeness (QED) is 0.772. The number of carbonyl (C=O) groups excluding carboxylic acids is 1. The van der Waals surface area contributed by atoms with E-state index in [1.807, 2.05) is 0 Å². The van der Waals surface area contributed by atoms with Gasteiger partial charge in [0.1, 0.15) is 0 Å². The minimum Gasteiger partial charge on any atom is -0.339 e. The van der Waals surface area contributed by atoms with Crippen LogP contribution >= 0.6 is 0 Å². The van der Waals surface area contributed by atoms with E-state index in [1.165, 1.54) is 32.1 Å². The number of hydrogen-bond donors (Lipinski definition) is 1. The zero-order valence-corrected chi connectivity index (χ0v) is 11.5. The highest BCUT2D eigenvalue weighted by atomic mass is 16.2. The molecule has 0 aromatic carbocycles. The minimum absolute atomic E-state index is 0.244. The lowest BCUT2D eigenvalue weighted by molar-refractivity contribution is -0.141. The maximum absolute atomic E-state index is 12.7. The molecule has 0 bridgehead atoms. The summed E-state index contributed by atoms with van der Waals surface area (Å²) in [6, 6.07) is 0.587. The first-order chi connectivity index (χ1) is 8.75. The lowest BCUT2D eigenvalue weighted by Crippen LogP contribution is -2.51. The third-order valence-electron chi connectivity index (χ3n) is 5.20. The molecule has 3 heteroatoms. The van der Waals surface area contributed by atoms with Gasteiger partial charge in [-0.05, 0) is 50.5 Å². The summed E-state index contributed by atoms with van der Waals surface area (Å²) in [4.78, 5) is 15.0. The molecule has 3 fully saturated rings. The van der Waals surface area contributed by atoms with Gasteiger partial charge in [-0.3, -0.25) is 4.79 Å². The van der Waals surface area contributed by atoms with Crippen LogP contribution in [0.5, 0.6) is 0 Å². The SMILES string of the molecule is CC1CNCC(C(=O)N2CCCC3CCCC32)C1. The number of nitrogens with one attached hydrogen (secondary N) is 1. The second-order valence-corrected chi connectivity index (χ2v) is 6.63. The molecule has 1 aliphatic carbocycles. The van der Waals surface area contributed by atoms with Crippen molar-refractivity contribution in [1.82, 2.24) is 10.2 Å². The second-order valence-electron chi connectivity index (χ2n) is 6.63. The summed E-state index contributed by atoms with van der Waals surface area (Å²) in [5.74, 6) is 2.16. The van der Waals surface area contributed by atoms with Crippen LogP contribution in [-0.2, 0) is 4.79 Å². The molecule has 4 unspecified atom stereocenters. The number of nitrogens with zero attached hydrogens (tertiary/aromatic N) is 1. The molecule has 3 rings (SSSR count). The van der Waals surface area contributed by atoms with E-state index in [4.69, 9.17) is 0 Å². The van der Waals surface area contributed by atoms with Gasteiger partial charge in [-0.25, -0.2) is 0 Å². The predicted octanol–water partition coefficient (Wildman–Crippen LogP) is 2.02. The van der Waals surface area contributed by atoms with E-state index in [1.54, 1.807) is 0 Å². The number of hydrogen-bond acceptors (Lipinski definition) is 2. The van der Waals surface area contributed by atoms with Crippen molar-refractivity contribution in [1.29, 1.82) is 0 Å². The van der Waals surface area contributed by atoms with Crippen LogP contribution < -0.4 is 5.32 Å². The van der Waals surface area contributed by atoms with Gasteiger partial charge in [-0.1, -0.05) is 13.3 Å². The van der Waals surface area contributed by atoms with E-state index >= 15 is 0 Å². The van der Waals surface area contributed by atoms with E-state index < -0.39 is 0 Å². The van der Waals surface area contributed by atoms with Crippen LogP contribution in [-0.4, -0.2) is 36.5 Å². The van der Waals surface area contributed by atoms with Gasteiger partial charge in [0.15, 0.2) is 0 Å². The Labute approximate surface area is 110 Å². The number of fused-ring (bicyclic) bond motifs is 1. The van der Waals surface area contributed by atoms with Crippen molar-refractivity contribution in [2.24, 2.45) is 17.8 Å². The standard InChI is InChI=1S/C15H26N2O/c1-11-8-13(10-16-9-11)15(18)17-7-3-5-12-4-2-6-14(12)17/h11-14,16H,2-10H2,1H3. The molecule has 1 amide bonds. The van der Waals surface area contributed by atoms with Gasteiger partial charge in [0.2, 0.25) is 5.91 Å². The van der Waals surface area contributed by atoms with Crippen molar-refractivity contribution in [3.8, 4) is 0 Å². The molecule has 2 aliphatic heterocycles. The van der Waals surface area contributed by atoms with Gasteiger partial charge < -0.3 is 10.2 Å². The highest BCUT2D eigenvalue weighted by molar-refractivity contribution is 5.79. The van der Waals surface area contributed by atoms with E-state index in [0.717, 1.165) is 32.0 Å². The highest BCUT2D eigenvalue weighted by Gasteiger charge is 2.39. The van der Waals surface area contributed by atoms with Crippen molar-refractivity contribution in [2.75, 3.05) is 19.6 Å². The largest absolute Gasteiger partial charge is 0.339 e. The van der Waals surface area contributed by atoms with Crippen molar-refractivity contribution in [3.05, 3.63) is 0 Å². The zero-order valence-electron chi connectivity index (χ0n) is 11.5. The third-order valence-corrected chi connectivity index (χ3v) is 5.20. The summed E-state index contributed by atoms with van der Waals surface area (Å²) in [7, 11) is 0. The highest BCUT2D eigenvalue weighted by Crippen LogP contribution is 2.37. The summed E-state index contributed by atoms with van der Waals surface area (Å²) in [6.45, 7) is 5.25. The van der Waals surface area contributed by atoms with Gasteiger partial charge in [-0.2, -0.15) is 0 Å². The van der Waals surface area contributed by atoms with Gasteiger partial charge in [0.25, 0.3) is 0 Å². The summed E-state index contributed by atoms with van der Waals surface area (Å²) in [5.41, 5.74) is 0. The van der Waals surface area contributed by atoms with E-state index in [9.17, 15) is 4.79 Å². The average molecular weight is 250 g/mol. The minimum atomic E-state index is 0.244. The average Bonchev–Trinajstić information content (AvgIpc) is 2.86. The third kappa shape index (κ3) is 2.29. The molecule has 2 heterocycles. The Morgan fingerprint density at radius 3 is 2.83 bits per heavy atom. The van der Waals surface area contributed by atoms with Gasteiger partial charge in [0.05, 0.1) is 5.92 Å². The predicted molar refractivity (Wildman–Crippen MR) is 72.2 cm³/mol. The van der Waals surface area contributed by atoms with Crippen molar-refractivity contribution in [3.63, 3.8) is 0 Å². The Hall–Kier alpha value is -0.570. The van der Waals surface area contributed by atoms with Crippen LogP contribution in [0.25, 0.3) is 0 Å². The molecule has 18 heavy (non-hydrogen) atoms. The number of piperidine rings is 2. The maximum atomic E-state index is 12.7. The molecule has 3 nitrogen and oxygen atoms in total. The Bertz CT molecular complexity index is 318. The maximum Gasteiger partial charge on any atom is 0.227 e. The molecule has 0 radical (unpaired) electrons. The molecule has 102 valence electrons. The second kappa shape index (κ2) is 5.20. The molecule has 4 atom stereocenters. The van der Waals surface area contributed by atoms with Crippen LogP contribution in [0.1, 0.15) is 45.4 Å². The fraction of sp³-hybridized carbons (Fsp3) is 0.933. The Morgan fingerprint density at radius 2 is 2.00 bits per heavy atom. The van der Waals surface area contributed by atoms with Crippen LogP contribution in [0.2, 0.25) is 0 Å². The number of carbonyl (C=O) groups is 1. The Balaban J connectivity index is 1.67. The summed E-state index contributed by atoms with van der Waals surface area (Å²) in [5, 5.41) is 3.42. The smallest absolute Gasteiger partial charge is 0.227 e. The van der Waals surface area contributed by atoms with Crippen LogP contribution in [0.3, 0.4) is 0 Å². The Kier molecular flexibility index (Phi) is 3.60. The summed E-state index contributed by atoms with van der Waals surface area (Å²) >= 11 is 0. The van der Waals surface area contributed by atoms with Crippen LogP contribution in [0.15, 0.2) is 0 Å². The zero-order chi connectivity index (χ0) is 12.5. The first-order valence-electron chi connectivity index (χ1n) is 7.77. The molecular weight excluding hydrogens is 224 g/mol. The monoisotopic (exact) mass is 250 g/mol.